The maximum atomic E-state index is 4.08. The summed E-state index contributed by atoms with van der Waals surface area (Å²) in [6.45, 7) is 2.99. The van der Waals surface area contributed by atoms with E-state index >= 15 is 0 Å². The van der Waals surface area contributed by atoms with Crippen molar-refractivity contribution in [2.45, 2.75) is 19.9 Å². The molecule has 0 aliphatic carbocycles. The molecule has 0 N–H and O–H groups in total. The molecule has 0 aliphatic rings. The molecule has 5 heteroatoms. The summed E-state index contributed by atoms with van der Waals surface area (Å²) in [6, 6.07) is 0. The number of aromatic nitrogens is 4. The number of rotatable bonds is 2. The first-order valence-corrected chi connectivity index (χ1v) is 4.95. The molecule has 0 spiro atoms. The van der Waals surface area contributed by atoms with Gasteiger partial charge in [-0.25, -0.2) is 4.68 Å². The predicted molar refractivity (Wildman–Crippen MR) is 53.3 cm³/mol. The zero-order chi connectivity index (χ0) is 9.26. The third-order valence-corrected chi connectivity index (χ3v) is 2.40. The second-order valence-electron chi connectivity index (χ2n) is 2.80. The minimum absolute atomic E-state index is 0.878. The Morgan fingerprint density at radius 3 is 3.08 bits per heavy atom. The lowest BCUT2D eigenvalue weighted by Crippen LogP contribution is -1.98. The summed E-state index contributed by atoms with van der Waals surface area (Å²) >= 11 is 3.38. The van der Waals surface area contributed by atoms with Crippen LogP contribution in [0.2, 0.25) is 0 Å². The van der Waals surface area contributed by atoms with Gasteiger partial charge >= 0.3 is 0 Å². The number of nitrogens with zero attached hydrogens (tertiary/aromatic N) is 4. The molecule has 68 valence electrons. The highest BCUT2D eigenvalue weighted by Crippen LogP contribution is 2.19. The lowest BCUT2D eigenvalue weighted by molar-refractivity contribution is 0.595. The van der Waals surface area contributed by atoms with Crippen molar-refractivity contribution in [3.8, 4) is 0 Å². The SMILES string of the molecule is CCCn1nnc2c(Br)cncc21. The van der Waals surface area contributed by atoms with E-state index in [0.29, 0.717) is 0 Å². The van der Waals surface area contributed by atoms with Crippen molar-refractivity contribution in [1.82, 2.24) is 20.0 Å². The molecule has 0 aromatic carbocycles. The van der Waals surface area contributed by atoms with Crippen molar-refractivity contribution >= 4 is 27.0 Å². The van der Waals surface area contributed by atoms with Crippen molar-refractivity contribution in [1.29, 1.82) is 0 Å². The average Bonchev–Trinajstić information content (AvgIpc) is 2.51. The first-order valence-electron chi connectivity index (χ1n) is 4.15. The zero-order valence-corrected chi connectivity index (χ0v) is 8.82. The van der Waals surface area contributed by atoms with Crippen LogP contribution < -0.4 is 0 Å². The van der Waals surface area contributed by atoms with E-state index in [4.69, 9.17) is 0 Å². The molecule has 2 aromatic rings. The van der Waals surface area contributed by atoms with Gasteiger partial charge in [0.2, 0.25) is 0 Å². The third kappa shape index (κ3) is 1.44. The van der Waals surface area contributed by atoms with Gasteiger partial charge in [0.05, 0.1) is 10.7 Å². The van der Waals surface area contributed by atoms with Gasteiger partial charge in [-0.15, -0.1) is 5.10 Å². The molecule has 0 atom stereocenters. The summed E-state index contributed by atoms with van der Waals surface area (Å²) in [6.07, 6.45) is 4.56. The Hall–Kier alpha value is -0.970. The standard InChI is InChI=1S/C8H9BrN4/c1-2-3-13-7-5-10-4-6(9)8(7)11-12-13/h4-5H,2-3H2,1H3. The summed E-state index contributed by atoms with van der Waals surface area (Å²) in [5.41, 5.74) is 1.86. The second-order valence-corrected chi connectivity index (χ2v) is 3.66. The highest BCUT2D eigenvalue weighted by atomic mass is 79.9. The molecular formula is C8H9BrN4. The van der Waals surface area contributed by atoms with Crippen LogP contribution in [0.5, 0.6) is 0 Å². The van der Waals surface area contributed by atoms with Gasteiger partial charge in [-0.05, 0) is 22.4 Å². The van der Waals surface area contributed by atoms with Crippen LogP contribution in [-0.4, -0.2) is 20.0 Å². The topological polar surface area (TPSA) is 43.6 Å². The molecule has 2 rings (SSSR count). The van der Waals surface area contributed by atoms with Crippen molar-refractivity contribution in [2.24, 2.45) is 0 Å². The average molecular weight is 241 g/mol. The van der Waals surface area contributed by atoms with Crippen molar-refractivity contribution in [2.75, 3.05) is 0 Å². The molecule has 4 nitrogen and oxygen atoms in total. The normalized spacial score (nSPS) is 10.9. The van der Waals surface area contributed by atoms with Crippen LogP contribution in [0.3, 0.4) is 0 Å². The summed E-state index contributed by atoms with van der Waals surface area (Å²) in [4.78, 5) is 4.08. The van der Waals surface area contributed by atoms with Gasteiger partial charge in [-0.2, -0.15) is 0 Å². The Morgan fingerprint density at radius 2 is 2.31 bits per heavy atom. The van der Waals surface area contributed by atoms with Gasteiger partial charge in [0.1, 0.15) is 11.0 Å². The van der Waals surface area contributed by atoms with Crippen molar-refractivity contribution in [3.05, 3.63) is 16.9 Å². The van der Waals surface area contributed by atoms with Crippen molar-refractivity contribution < 1.29 is 0 Å². The van der Waals surface area contributed by atoms with Gasteiger partial charge in [-0.1, -0.05) is 12.1 Å². The molecule has 0 saturated heterocycles. The monoisotopic (exact) mass is 240 g/mol. The molecule has 0 aliphatic heterocycles. The molecular weight excluding hydrogens is 232 g/mol. The summed E-state index contributed by atoms with van der Waals surface area (Å²) in [5, 5.41) is 8.11. The summed E-state index contributed by atoms with van der Waals surface area (Å²) in [7, 11) is 0. The van der Waals surface area contributed by atoms with E-state index in [-0.39, 0.29) is 0 Å². The Kier molecular flexibility index (Phi) is 2.26. The molecule has 2 heterocycles. The van der Waals surface area contributed by atoms with E-state index in [1.54, 1.807) is 12.4 Å². The quantitative estimate of drug-likeness (QED) is 0.807. The number of hydrogen-bond donors (Lipinski definition) is 0. The van der Waals surface area contributed by atoms with E-state index in [1.165, 1.54) is 0 Å². The fourth-order valence-electron chi connectivity index (χ4n) is 1.23. The Labute approximate surface area is 84.1 Å². The maximum Gasteiger partial charge on any atom is 0.130 e. The number of fused-ring (bicyclic) bond motifs is 1. The highest BCUT2D eigenvalue weighted by molar-refractivity contribution is 9.10. The van der Waals surface area contributed by atoms with E-state index in [9.17, 15) is 0 Å². The van der Waals surface area contributed by atoms with Gasteiger partial charge in [0.25, 0.3) is 0 Å². The number of hydrogen-bond acceptors (Lipinski definition) is 3. The second kappa shape index (κ2) is 3.41. The minimum atomic E-state index is 0.878. The molecule has 0 saturated carbocycles. The van der Waals surface area contributed by atoms with Gasteiger partial charge in [0, 0.05) is 12.7 Å². The van der Waals surface area contributed by atoms with E-state index in [2.05, 4.69) is 38.1 Å². The lowest BCUT2D eigenvalue weighted by atomic mass is 10.4. The smallest absolute Gasteiger partial charge is 0.130 e. The predicted octanol–water partition coefficient (Wildman–Crippen LogP) is 2.00. The van der Waals surface area contributed by atoms with Crippen LogP contribution in [-0.2, 0) is 6.54 Å². The fraction of sp³-hybridized carbons (Fsp3) is 0.375. The molecule has 0 radical (unpaired) electrons. The Morgan fingerprint density at radius 1 is 1.46 bits per heavy atom. The first kappa shape index (κ1) is 8.62. The molecule has 0 unspecified atom stereocenters. The van der Waals surface area contributed by atoms with Crippen LogP contribution in [0, 0.1) is 0 Å². The van der Waals surface area contributed by atoms with Crippen LogP contribution >= 0.6 is 15.9 Å². The molecule has 0 fully saturated rings. The van der Waals surface area contributed by atoms with Crippen LogP contribution in [0.4, 0.5) is 0 Å². The van der Waals surface area contributed by atoms with Crippen molar-refractivity contribution in [3.63, 3.8) is 0 Å². The third-order valence-electron chi connectivity index (χ3n) is 1.82. The van der Waals surface area contributed by atoms with Gasteiger partial charge in [-0.3, -0.25) is 4.98 Å². The highest BCUT2D eigenvalue weighted by Gasteiger charge is 2.06. The summed E-state index contributed by atoms with van der Waals surface area (Å²) in [5.74, 6) is 0. The fourth-order valence-corrected chi connectivity index (χ4v) is 1.63. The zero-order valence-electron chi connectivity index (χ0n) is 7.24. The molecule has 0 amide bonds. The van der Waals surface area contributed by atoms with Crippen LogP contribution in [0.15, 0.2) is 16.9 Å². The van der Waals surface area contributed by atoms with E-state index in [0.717, 1.165) is 28.5 Å². The molecule has 0 bridgehead atoms. The van der Waals surface area contributed by atoms with Crippen LogP contribution in [0.25, 0.3) is 11.0 Å². The van der Waals surface area contributed by atoms with Crippen LogP contribution in [0.1, 0.15) is 13.3 Å². The maximum absolute atomic E-state index is 4.08. The minimum Gasteiger partial charge on any atom is -0.261 e. The molecule has 13 heavy (non-hydrogen) atoms. The Bertz CT molecular complexity index is 423. The number of aryl methyl sites for hydroxylation is 1. The lowest BCUT2D eigenvalue weighted by Gasteiger charge is -1.97. The molecule has 2 aromatic heterocycles. The summed E-state index contributed by atoms with van der Waals surface area (Å²) < 4.78 is 2.76. The Balaban J connectivity index is 2.61. The largest absolute Gasteiger partial charge is 0.261 e. The van der Waals surface area contributed by atoms with E-state index in [1.807, 2.05) is 4.68 Å². The van der Waals surface area contributed by atoms with Gasteiger partial charge in [0.15, 0.2) is 0 Å². The number of halogens is 1. The number of pyridine rings is 1. The van der Waals surface area contributed by atoms with Gasteiger partial charge < -0.3 is 0 Å². The van der Waals surface area contributed by atoms with E-state index < -0.39 is 0 Å². The first-order chi connectivity index (χ1) is 6.33.